The van der Waals surface area contributed by atoms with E-state index in [-0.39, 0.29) is 12.2 Å². The van der Waals surface area contributed by atoms with Gasteiger partial charge in [0.05, 0.1) is 42.7 Å². The van der Waals surface area contributed by atoms with Crippen LogP contribution in [0.2, 0.25) is 0 Å². The summed E-state index contributed by atoms with van der Waals surface area (Å²) in [4.78, 5) is 31.9. The molecule has 0 N–H and O–H groups in total. The smallest absolute Gasteiger partial charge is 0.338 e. The Balaban J connectivity index is 1.98. The second-order valence-electron chi connectivity index (χ2n) is 7.94. The van der Waals surface area contributed by atoms with Crippen LogP contribution in [0.4, 0.5) is 0 Å². The number of carbonyl (C=O) groups excluding carboxylic acids is 1. The summed E-state index contributed by atoms with van der Waals surface area (Å²) in [6, 6.07) is 10.9. The number of hydrogen-bond acceptors (Lipinski definition) is 7. The topological polar surface area (TPSA) is 79.1 Å². The number of aromatic nitrogens is 1. The van der Waals surface area contributed by atoms with Gasteiger partial charge in [-0.15, -0.1) is 0 Å². The van der Waals surface area contributed by atoms with E-state index in [9.17, 15) is 9.59 Å². The van der Waals surface area contributed by atoms with Crippen molar-refractivity contribution in [3.63, 3.8) is 0 Å². The molecule has 2 aromatic carbocycles. The molecule has 0 spiro atoms. The molecule has 182 valence electrons. The molecule has 0 aliphatic carbocycles. The maximum Gasteiger partial charge on any atom is 0.338 e. The largest absolute Gasteiger partial charge is 0.493 e. The van der Waals surface area contributed by atoms with E-state index in [0.717, 1.165) is 20.3 Å². The summed E-state index contributed by atoms with van der Waals surface area (Å²) in [6.07, 6.45) is 1.78. The highest BCUT2D eigenvalue weighted by atomic mass is 127. The Kier molecular flexibility index (Phi) is 7.46. The van der Waals surface area contributed by atoms with Crippen molar-refractivity contribution in [1.29, 1.82) is 0 Å². The van der Waals surface area contributed by atoms with Crippen LogP contribution in [0.25, 0.3) is 6.08 Å². The van der Waals surface area contributed by atoms with Gasteiger partial charge in [0.15, 0.2) is 16.3 Å². The van der Waals surface area contributed by atoms with Crippen LogP contribution in [0.3, 0.4) is 0 Å². The molecule has 0 bridgehead atoms. The van der Waals surface area contributed by atoms with E-state index >= 15 is 0 Å². The molecule has 3 aromatic rings. The van der Waals surface area contributed by atoms with Crippen LogP contribution in [0.1, 0.15) is 36.6 Å². The normalized spacial score (nSPS) is 15.5. The Morgan fingerprint density at radius 3 is 2.51 bits per heavy atom. The minimum Gasteiger partial charge on any atom is -0.493 e. The highest BCUT2D eigenvalue weighted by molar-refractivity contribution is 14.1. The first kappa shape index (κ1) is 25.2. The fourth-order valence-corrected chi connectivity index (χ4v) is 5.72. The first-order valence-electron chi connectivity index (χ1n) is 11.0. The standard InChI is InChI=1S/C26H25IN2O5S/c1-6-34-25(31)21-15(3)28-26-29(22(21)16-9-7-14(2)8-10-16)24(30)20(35-26)12-17-11-18(27)13-19(32-4)23(17)33-5/h7-13,22H,6H2,1-5H3/b20-12-/t22-/m0/s1. The summed E-state index contributed by atoms with van der Waals surface area (Å²) in [5.41, 5.74) is 3.27. The molecule has 1 atom stereocenters. The molecule has 7 nitrogen and oxygen atoms in total. The number of nitrogens with zero attached hydrogens (tertiary/aromatic N) is 2. The van der Waals surface area contributed by atoms with E-state index in [2.05, 4.69) is 27.6 Å². The van der Waals surface area contributed by atoms with E-state index < -0.39 is 12.0 Å². The highest BCUT2D eigenvalue weighted by Crippen LogP contribution is 2.34. The predicted octanol–water partition coefficient (Wildman–Crippen LogP) is 3.73. The van der Waals surface area contributed by atoms with Crippen molar-refractivity contribution in [2.45, 2.75) is 26.8 Å². The molecule has 9 heteroatoms. The summed E-state index contributed by atoms with van der Waals surface area (Å²) < 4.78 is 19.4. The van der Waals surface area contributed by atoms with Crippen molar-refractivity contribution < 1.29 is 19.0 Å². The molecule has 0 saturated heterocycles. The summed E-state index contributed by atoms with van der Waals surface area (Å²) in [7, 11) is 3.14. The van der Waals surface area contributed by atoms with Crippen LogP contribution in [0.15, 0.2) is 57.5 Å². The number of fused-ring (bicyclic) bond motifs is 1. The van der Waals surface area contributed by atoms with Crippen LogP contribution < -0.4 is 24.4 Å². The molecule has 0 amide bonds. The summed E-state index contributed by atoms with van der Waals surface area (Å²) in [6.45, 7) is 5.76. The van der Waals surface area contributed by atoms with Gasteiger partial charge in [-0.3, -0.25) is 9.36 Å². The lowest BCUT2D eigenvalue weighted by Gasteiger charge is -2.24. The summed E-state index contributed by atoms with van der Waals surface area (Å²) in [5.74, 6) is 0.645. The maximum atomic E-state index is 13.8. The van der Waals surface area contributed by atoms with E-state index in [4.69, 9.17) is 14.2 Å². The minimum atomic E-state index is -0.639. The number of benzene rings is 2. The van der Waals surface area contributed by atoms with Gasteiger partial charge in [0.25, 0.3) is 5.56 Å². The monoisotopic (exact) mass is 604 g/mol. The zero-order valence-corrected chi connectivity index (χ0v) is 23.0. The molecule has 4 rings (SSSR count). The zero-order chi connectivity index (χ0) is 25.3. The van der Waals surface area contributed by atoms with Gasteiger partial charge in [-0.25, -0.2) is 9.79 Å². The van der Waals surface area contributed by atoms with Crippen LogP contribution in [0.5, 0.6) is 11.5 Å². The number of halogens is 1. The Morgan fingerprint density at radius 1 is 1.17 bits per heavy atom. The Bertz CT molecular complexity index is 1500. The average molecular weight is 604 g/mol. The molecule has 0 fully saturated rings. The fraction of sp³-hybridized carbons (Fsp3) is 0.269. The lowest BCUT2D eigenvalue weighted by molar-refractivity contribution is -0.139. The number of allylic oxidation sites excluding steroid dienone is 1. The lowest BCUT2D eigenvalue weighted by atomic mass is 9.95. The van der Waals surface area contributed by atoms with Gasteiger partial charge in [0.2, 0.25) is 0 Å². The molecular weight excluding hydrogens is 579 g/mol. The van der Waals surface area contributed by atoms with Gasteiger partial charge in [0.1, 0.15) is 0 Å². The Labute approximate surface area is 220 Å². The Hall–Kier alpha value is -2.92. The van der Waals surface area contributed by atoms with E-state index in [1.165, 1.54) is 11.3 Å². The quantitative estimate of drug-likeness (QED) is 0.317. The van der Waals surface area contributed by atoms with Crippen molar-refractivity contribution in [2.24, 2.45) is 4.99 Å². The highest BCUT2D eigenvalue weighted by Gasteiger charge is 2.33. The van der Waals surface area contributed by atoms with Crippen molar-refractivity contribution >= 4 is 46.0 Å². The molecule has 1 aliphatic rings. The van der Waals surface area contributed by atoms with E-state index in [0.29, 0.717) is 32.1 Å². The van der Waals surface area contributed by atoms with Crippen LogP contribution in [-0.4, -0.2) is 31.4 Å². The van der Waals surface area contributed by atoms with Gasteiger partial charge in [-0.2, -0.15) is 0 Å². The van der Waals surface area contributed by atoms with Crippen LogP contribution >= 0.6 is 33.9 Å². The number of rotatable bonds is 6. The van der Waals surface area contributed by atoms with Crippen molar-refractivity contribution in [1.82, 2.24) is 4.57 Å². The average Bonchev–Trinajstić information content (AvgIpc) is 3.12. The number of ether oxygens (including phenoxy) is 3. The number of carbonyl (C=O) groups is 1. The van der Waals surface area contributed by atoms with Gasteiger partial charge in [-0.1, -0.05) is 41.2 Å². The van der Waals surface area contributed by atoms with Crippen LogP contribution in [-0.2, 0) is 9.53 Å². The molecule has 2 heterocycles. The number of esters is 1. The van der Waals surface area contributed by atoms with Crippen LogP contribution in [0, 0.1) is 10.5 Å². The zero-order valence-electron chi connectivity index (χ0n) is 20.0. The van der Waals surface area contributed by atoms with Gasteiger partial charge in [0, 0.05) is 9.13 Å². The number of aryl methyl sites for hydroxylation is 1. The lowest BCUT2D eigenvalue weighted by Crippen LogP contribution is -2.39. The summed E-state index contributed by atoms with van der Waals surface area (Å²) in [5, 5.41) is 0. The third kappa shape index (κ3) is 4.79. The minimum absolute atomic E-state index is 0.231. The number of hydrogen-bond donors (Lipinski definition) is 0. The Morgan fingerprint density at radius 2 is 1.89 bits per heavy atom. The molecule has 1 aromatic heterocycles. The van der Waals surface area contributed by atoms with Crippen molar-refractivity contribution in [2.75, 3.05) is 20.8 Å². The first-order chi connectivity index (χ1) is 16.8. The number of thiazole rings is 1. The van der Waals surface area contributed by atoms with Crippen molar-refractivity contribution in [3.05, 3.63) is 87.6 Å². The second-order valence-corrected chi connectivity index (χ2v) is 10.2. The third-order valence-corrected chi connectivity index (χ3v) is 7.27. The molecular formula is C26H25IN2O5S. The molecule has 0 radical (unpaired) electrons. The van der Waals surface area contributed by atoms with Gasteiger partial charge < -0.3 is 14.2 Å². The predicted molar refractivity (Wildman–Crippen MR) is 144 cm³/mol. The SMILES string of the molecule is CCOC(=O)C1=C(C)N=c2s/c(=C\c3cc(I)cc(OC)c3OC)c(=O)n2[C@H]1c1ccc(C)cc1. The van der Waals surface area contributed by atoms with E-state index in [1.807, 2.05) is 43.3 Å². The molecule has 0 saturated carbocycles. The van der Waals surface area contributed by atoms with Gasteiger partial charge in [-0.05, 0) is 67.1 Å². The molecule has 35 heavy (non-hydrogen) atoms. The third-order valence-electron chi connectivity index (χ3n) is 5.67. The van der Waals surface area contributed by atoms with Gasteiger partial charge >= 0.3 is 5.97 Å². The summed E-state index contributed by atoms with van der Waals surface area (Å²) >= 11 is 3.47. The van der Waals surface area contributed by atoms with E-state index in [1.54, 1.807) is 38.7 Å². The first-order valence-corrected chi connectivity index (χ1v) is 12.9. The molecule has 0 unspecified atom stereocenters. The van der Waals surface area contributed by atoms with Crippen molar-refractivity contribution in [3.8, 4) is 11.5 Å². The second kappa shape index (κ2) is 10.4. The molecule has 1 aliphatic heterocycles. The maximum absolute atomic E-state index is 13.8. The fourth-order valence-electron chi connectivity index (χ4n) is 4.06. The number of methoxy groups -OCH3 is 2.